The summed E-state index contributed by atoms with van der Waals surface area (Å²) in [5.41, 5.74) is 0. The summed E-state index contributed by atoms with van der Waals surface area (Å²) in [6.45, 7) is 3.09. The van der Waals surface area contributed by atoms with E-state index in [-0.39, 0.29) is 6.04 Å². The van der Waals surface area contributed by atoms with Gasteiger partial charge in [0, 0.05) is 6.04 Å². The number of amides is 3. The number of hydrogen-bond acceptors (Lipinski definition) is 4. The second-order valence-corrected chi connectivity index (χ2v) is 4.54. The number of nitrogens with one attached hydrogen (secondary N) is 2. The van der Waals surface area contributed by atoms with Crippen LogP contribution in [0.25, 0.3) is 0 Å². The lowest BCUT2D eigenvalue weighted by Crippen LogP contribution is -2.45. The molecular weight excluding hydrogens is 264 g/mol. The molecule has 3 amide bonds. The van der Waals surface area contributed by atoms with Gasteiger partial charge < -0.3 is 15.2 Å². The largest absolute Gasteiger partial charge is 0.480 e. The minimum atomic E-state index is -1.16. The van der Waals surface area contributed by atoms with Crippen LogP contribution in [0.4, 0.5) is 4.79 Å². The Labute approximate surface area is 119 Å². The molecule has 0 aromatic rings. The summed E-state index contributed by atoms with van der Waals surface area (Å²) in [5, 5.41) is 13.2. The summed E-state index contributed by atoms with van der Waals surface area (Å²) in [6.07, 6.45) is 4.75. The number of unbranched alkanes of at least 4 members (excludes halogenated alkanes) is 1. The number of carbonyl (C=O) groups excluding carboxylic acids is 2. The molecule has 0 aliphatic carbocycles. The normalized spacial score (nSPS) is 11.7. The van der Waals surface area contributed by atoms with Crippen molar-refractivity contribution in [2.75, 3.05) is 13.2 Å². The van der Waals surface area contributed by atoms with Gasteiger partial charge in [0.1, 0.15) is 13.2 Å². The van der Waals surface area contributed by atoms with E-state index in [1.165, 1.54) is 0 Å². The topological polar surface area (TPSA) is 105 Å². The van der Waals surface area contributed by atoms with Crippen LogP contribution in [-0.2, 0) is 14.3 Å². The number of urea groups is 1. The lowest BCUT2D eigenvalue weighted by Gasteiger charge is -2.17. The fourth-order valence-corrected chi connectivity index (χ4v) is 1.70. The summed E-state index contributed by atoms with van der Waals surface area (Å²) >= 11 is 0. The maximum absolute atomic E-state index is 11.6. The molecule has 1 atom stereocenters. The molecule has 0 rings (SSSR count). The highest BCUT2D eigenvalue weighted by atomic mass is 16.5. The summed E-state index contributed by atoms with van der Waals surface area (Å²) in [7, 11) is 0. The first kappa shape index (κ1) is 18.4. The third kappa shape index (κ3) is 10.3. The van der Waals surface area contributed by atoms with Crippen molar-refractivity contribution in [2.45, 2.75) is 52.0 Å². The summed E-state index contributed by atoms with van der Waals surface area (Å²) in [6, 6.07) is -0.517. The van der Waals surface area contributed by atoms with Crippen LogP contribution in [0.5, 0.6) is 0 Å². The molecule has 7 nitrogen and oxygen atoms in total. The third-order valence-electron chi connectivity index (χ3n) is 2.59. The van der Waals surface area contributed by atoms with Gasteiger partial charge in [-0.1, -0.05) is 33.1 Å². The SMILES string of the molecule is CCCCC(CCC)NC(=O)NC(=O)COCC(=O)O. The maximum Gasteiger partial charge on any atom is 0.329 e. The van der Waals surface area contributed by atoms with Crippen LogP contribution in [-0.4, -0.2) is 42.3 Å². The van der Waals surface area contributed by atoms with Crippen LogP contribution < -0.4 is 10.6 Å². The van der Waals surface area contributed by atoms with Crippen molar-refractivity contribution in [3.63, 3.8) is 0 Å². The van der Waals surface area contributed by atoms with E-state index < -0.39 is 31.1 Å². The first-order valence-corrected chi connectivity index (χ1v) is 6.89. The Morgan fingerprint density at radius 3 is 2.35 bits per heavy atom. The van der Waals surface area contributed by atoms with Crippen molar-refractivity contribution in [2.24, 2.45) is 0 Å². The van der Waals surface area contributed by atoms with E-state index in [0.29, 0.717) is 0 Å². The molecule has 0 bridgehead atoms. The summed E-state index contributed by atoms with van der Waals surface area (Å²) < 4.78 is 4.58. The molecule has 0 saturated heterocycles. The average Bonchev–Trinajstić information content (AvgIpc) is 2.35. The van der Waals surface area contributed by atoms with Crippen molar-refractivity contribution in [1.29, 1.82) is 0 Å². The van der Waals surface area contributed by atoms with Gasteiger partial charge in [-0.15, -0.1) is 0 Å². The van der Waals surface area contributed by atoms with Crippen molar-refractivity contribution in [3.8, 4) is 0 Å². The molecule has 0 fully saturated rings. The molecule has 3 N–H and O–H groups in total. The van der Waals surface area contributed by atoms with Crippen LogP contribution in [0.15, 0.2) is 0 Å². The molecule has 0 aromatic heterocycles. The zero-order valence-corrected chi connectivity index (χ0v) is 12.1. The number of ether oxygens (including phenoxy) is 1. The molecule has 116 valence electrons. The standard InChI is InChI=1S/C13H24N2O5/c1-3-5-7-10(6-4-2)14-13(19)15-11(16)8-20-9-12(17)18/h10H,3-9H2,1-2H3,(H,17,18)(H2,14,15,16,19). The Balaban J connectivity index is 3.97. The van der Waals surface area contributed by atoms with E-state index in [1.807, 2.05) is 6.92 Å². The molecule has 20 heavy (non-hydrogen) atoms. The third-order valence-corrected chi connectivity index (χ3v) is 2.59. The lowest BCUT2D eigenvalue weighted by molar-refractivity contribution is -0.143. The fourth-order valence-electron chi connectivity index (χ4n) is 1.70. The first-order valence-electron chi connectivity index (χ1n) is 6.89. The Morgan fingerprint density at radius 2 is 1.80 bits per heavy atom. The van der Waals surface area contributed by atoms with E-state index in [4.69, 9.17) is 5.11 Å². The maximum atomic E-state index is 11.6. The molecule has 7 heteroatoms. The average molecular weight is 288 g/mol. The van der Waals surface area contributed by atoms with Gasteiger partial charge >= 0.3 is 12.0 Å². The van der Waals surface area contributed by atoms with E-state index in [1.54, 1.807) is 0 Å². The molecular formula is C13H24N2O5. The van der Waals surface area contributed by atoms with Crippen molar-refractivity contribution in [3.05, 3.63) is 0 Å². The predicted molar refractivity (Wildman–Crippen MR) is 73.4 cm³/mol. The number of aliphatic carboxylic acids is 1. The van der Waals surface area contributed by atoms with Gasteiger partial charge in [-0.25, -0.2) is 9.59 Å². The van der Waals surface area contributed by atoms with Gasteiger partial charge in [0.25, 0.3) is 5.91 Å². The fraction of sp³-hybridized carbons (Fsp3) is 0.769. The molecule has 0 radical (unpaired) electrons. The van der Waals surface area contributed by atoms with Gasteiger partial charge in [0.05, 0.1) is 0 Å². The van der Waals surface area contributed by atoms with Crippen molar-refractivity contribution < 1.29 is 24.2 Å². The van der Waals surface area contributed by atoms with Crippen molar-refractivity contribution >= 4 is 17.9 Å². The van der Waals surface area contributed by atoms with E-state index in [9.17, 15) is 14.4 Å². The van der Waals surface area contributed by atoms with Gasteiger partial charge in [-0.05, 0) is 12.8 Å². The number of carboxylic acids is 1. The summed E-state index contributed by atoms with van der Waals surface area (Å²) in [5.74, 6) is -1.82. The van der Waals surface area contributed by atoms with Crippen LogP contribution in [0.3, 0.4) is 0 Å². The quantitative estimate of drug-likeness (QED) is 0.561. The predicted octanol–water partition coefficient (Wildman–Crippen LogP) is 1.27. The monoisotopic (exact) mass is 288 g/mol. The van der Waals surface area contributed by atoms with Crippen LogP contribution in [0, 0.1) is 0 Å². The molecule has 0 spiro atoms. The second-order valence-electron chi connectivity index (χ2n) is 4.54. The highest BCUT2D eigenvalue weighted by molar-refractivity contribution is 5.95. The van der Waals surface area contributed by atoms with E-state index >= 15 is 0 Å². The number of carboxylic acid groups (broad SMARTS) is 1. The van der Waals surface area contributed by atoms with Gasteiger partial charge in [-0.3, -0.25) is 10.1 Å². The zero-order valence-electron chi connectivity index (χ0n) is 12.1. The molecule has 0 aromatic carbocycles. The van der Waals surface area contributed by atoms with Crippen LogP contribution >= 0.6 is 0 Å². The Hall–Kier alpha value is -1.63. The van der Waals surface area contributed by atoms with Gasteiger partial charge in [0.15, 0.2) is 0 Å². The molecule has 0 aliphatic rings. The minimum absolute atomic E-state index is 0.0488. The lowest BCUT2D eigenvalue weighted by atomic mass is 10.1. The number of rotatable bonds is 10. The molecule has 0 heterocycles. The van der Waals surface area contributed by atoms with E-state index in [2.05, 4.69) is 22.3 Å². The highest BCUT2D eigenvalue weighted by Crippen LogP contribution is 2.06. The molecule has 0 saturated carbocycles. The van der Waals surface area contributed by atoms with Gasteiger partial charge in [-0.2, -0.15) is 0 Å². The first-order chi connectivity index (χ1) is 9.49. The van der Waals surface area contributed by atoms with Crippen molar-refractivity contribution in [1.82, 2.24) is 10.6 Å². The molecule has 1 unspecified atom stereocenters. The Morgan fingerprint density at radius 1 is 1.10 bits per heavy atom. The minimum Gasteiger partial charge on any atom is -0.480 e. The van der Waals surface area contributed by atoms with Crippen LogP contribution in [0.2, 0.25) is 0 Å². The summed E-state index contributed by atoms with van der Waals surface area (Å²) in [4.78, 5) is 33.1. The zero-order chi connectivity index (χ0) is 15.4. The highest BCUT2D eigenvalue weighted by Gasteiger charge is 2.13. The van der Waals surface area contributed by atoms with E-state index in [0.717, 1.165) is 32.1 Å². The Bertz CT molecular complexity index is 320. The number of carbonyl (C=O) groups is 3. The second kappa shape index (κ2) is 11.2. The number of imide groups is 1. The smallest absolute Gasteiger partial charge is 0.329 e. The Kier molecular flexibility index (Phi) is 10.3. The molecule has 0 aliphatic heterocycles. The van der Waals surface area contributed by atoms with Gasteiger partial charge in [0.2, 0.25) is 0 Å². The number of hydrogen-bond donors (Lipinski definition) is 3. The van der Waals surface area contributed by atoms with Crippen LogP contribution in [0.1, 0.15) is 46.0 Å².